The van der Waals surface area contributed by atoms with Crippen LogP contribution in [0.1, 0.15) is 80.2 Å². The van der Waals surface area contributed by atoms with Crippen LogP contribution in [0.5, 0.6) is 0 Å². The summed E-state index contributed by atoms with van der Waals surface area (Å²) >= 11 is 0. The molecule has 1 saturated carbocycles. The van der Waals surface area contributed by atoms with Crippen molar-refractivity contribution >= 4 is 5.91 Å². The predicted octanol–water partition coefficient (Wildman–Crippen LogP) is 3.10. The molecule has 1 aromatic heterocycles. The second-order valence-electron chi connectivity index (χ2n) is 8.78. The molecule has 6 heteroatoms. The lowest BCUT2D eigenvalue weighted by Gasteiger charge is -2.48. The number of pyridine rings is 1. The number of carbonyl (C=O) groups is 1. The van der Waals surface area contributed by atoms with E-state index < -0.39 is 0 Å². The molecular formula is C23H34N4O2. The third-order valence-electron chi connectivity index (χ3n) is 6.95. The molecule has 29 heavy (non-hydrogen) atoms. The van der Waals surface area contributed by atoms with Crippen molar-refractivity contribution in [2.45, 2.75) is 83.6 Å². The largest absolute Gasteiger partial charge is 0.354 e. The summed E-state index contributed by atoms with van der Waals surface area (Å²) in [6.45, 7) is 6.67. The number of amides is 1. The Morgan fingerprint density at radius 2 is 1.79 bits per heavy atom. The molecule has 6 nitrogen and oxygen atoms in total. The topological polar surface area (TPSA) is 89.0 Å². The highest BCUT2D eigenvalue weighted by molar-refractivity contribution is 5.76. The maximum Gasteiger partial charge on any atom is 0.266 e. The van der Waals surface area contributed by atoms with Crippen molar-refractivity contribution in [1.29, 1.82) is 5.26 Å². The van der Waals surface area contributed by atoms with E-state index in [1.165, 1.54) is 51.4 Å². The first-order chi connectivity index (χ1) is 14.0. The fourth-order valence-electron chi connectivity index (χ4n) is 5.19. The number of hydrogen-bond donors (Lipinski definition) is 2. The molecule has 2 N–H and O–H groups in total. The number of rotatable bonds is 6. The van der Waals surface area contributed by atoms with Crippen molar-refractivity contribution in [1.82, 2.24) is 15.2 Å². The smallest absolute Gasteiger partial charge is 0.266 e. The van der Waals surface area contributed by atoms with Crippen molar-refractivity contribution in [2.24, 2.45) is 0 Å². The van der Waals surface area contributed by atoms with E-state index in [0.717, 1.165) is 30.9 Å². The lowest BCUT2D eigenvalue weighted by Crippen LogP contribution is -2.58. The summed E-state index contributed by atoms with van der Waals surface area (Å²) in [5.74, 6) is 0.0514. The highest BCUT2D eigenvalue weighted by Crippen LogP contribution is 2.35. The number of hydrogen-bond acceptors (Lipinski definition) is 4. The average Bonchev–Trinajstić information content (AvgIpc) is 2.73. The van der Waals surface area contributed by atoms with Gasteiger partial charge in [0.2, 0.25) is 5.91 Å². The van der Waals surface area contributed by atoms with Gasteiger partial charge in [-0.15, -0.1) is 0 Å². The van der Waals surface area contributed by atoms with Crippen LogP contribution in [0.15, 0.2) is 4.79 Å². The summed E-state index contributed by atoms with van der Waals surface area (Å²) in [6.07, 6.45) is 10.9. The zero-order chi connectivity index (χ0) is 20.9. The first-order valence-corrected chi connectivity index (χ1v) is 11.1. The Bertz CT molecular complexity index is 825. The van der Waals surface area contributed by atoms with Gasteiger partial charge in [-0.25, -0.2) is 0 Å². The molecule has 1 aliphatic heterocycles. The van der Waals surface area contributed by atoms with Gasteiger partial charge in [-0.3, -0.25) is 14.5 Å². The summed E-state index contributed by atoms with van der Waals surface area (Å²) in [5.41, 5.74) is 2.27. The van der Waals surface area contributed by atoms with E-state index in [2.05, 4.69) is 15.2 Å². The summed E-state index contributed by atoms with van der Waals surface area (Å²) in [6, 6.07) is 1.98. The Hall–Kier alpha value is -2.13. The van der Waals surface area contributed by atoms with Gasteiger partial charge < -0.3 is 10.3 Å². The predicted molar refractivity (Wildman–Crippen MR) is 114 cm³/mol. The highest BCUT2D eigenvalue weighted by atomic mass is 16.1. The minimum Gasteiger partial charge on any atom is -0.354 e. The van der Waals surface area contributed by atoms with Crippen LogP contribution >= 0.6 is 0 Å². The minimum atomic E-state index is -0.350. The molecule has 0 unspecified atom stereocenters. The quantitative estimate of drug-likeness (QED) is 0.771. The number of aryl methyl sites for hydroxylation is 1. The maximum absolute atomic E-state index is 12.7. The van der Waals surface area contributed by atoms with Crippen LogP contribution in [0, 0.1) is 25.2 Å². The summed E-state index contributed by atoms with van der Waals surface area (Å²) < 4.78 is 0. The number of aromatic amines is 1. The molecule has 2 aliphatic rings. The lowest BCUT2D eigenvalue weighted by atomic mass is 9.79. The molecule has 1 amide bonds. The van der Waals surface area contributed by atoms with Crippen LogP contribution in [0.25, 0.3) is 0 Å². The van der Waals surface area contributed by atoms with Crippen LogP contribution in [0.4, 0.5) is 0 Å². The molecular weight excluding hydrogens is 364 g/mol. The van der Waals surface area contributed by atoms with Gasteiger partial charge in [-0.1, -0.05) is 25.7 Å². The molecule has 0 bridgehead atoms. The van der Waals surface area contributed by atoms with Crippen molar-refractivity contribution in [3.8, 4) is 6.07 Å². The molecule has 1 aromatic rings. The van der Waals surface area contributed by atoms with Gasteiger partial charge >= 0.3 is 0 Å². The molecule has 1 aliphatic carbocycles. The van der Waals surface area contributed by atoms with Crippen molar-refractivity contribution in [2.75, 3.05) is 19.6 Å². The molecule has 2 fully saturated rings. The third kappa shape index (κ3) is 4.90. The zero-order valence-electron chi connectivity index (χ0n) is 17.9. The van der Waals surface area contributed by atoms with E-state index in [9.17, 15) is 14.9 Å². The number of nitrogens with zero attached hydrogens (tertiary/aromatic N) is 2. The van der Waals surface area contributed by atoms with E-state index in [4.69, 9.17) is 0 Å². The van der Waals surface area contributed by atoms with Crippen molar-refractivity contribution < 1.29 is 4.79 Å². The SMILES string of the molecule is Cc1[nH]c(=O)c(C#N)c(C)c1CCC(=O)NCC1(N2CCCCC2)CCCCC1. The van der Waals surface area contributed by atoms with Crippen LogP contribution in [-0.4, -0.2) is 41.0 Å². The van der Waals surface area contributed by atoms with Gasteiger partial charge in [0.1, 0.15) is 11.6 Å². The average molecular weight is 399 g/mol. The molecule has 2 heterocycles. The molecule has 0 aromatic carbocycles. The van der Waals surface area contributed by atoms with Gasteiger partial charge in [0.15, 0.2) is 0 Å². The van der Waals surface area contributed by atoms with Gasteiger partial charge in [0.25, 0.3) is 5.56 Å². The number of piperidine rings is 1. The minimum absolute atomic E-state index is 0.0514. The molecule has 3 rings (SSSR count). The summed E-state index contributed by atoms with van der Waals surface area (Å²) in [7, 11) is 0. The summed E-state index contributed by atoms with van der Waals surface area (Å²) in [4.78, 5) is 29.9. The van der Waals surface area contributed by atoms with Gasteiger partial charge in [-0.2, -0.15) is 5.26 Å². The Morgan fingerprint density at radius 1 is 1.14 bits per heavy atom. The van der Waals surface area contributed by atoms with E-state index in [1.807, 2.05) is 13.0 Å². The summed E-state index contributed by atoms with van der Waals surface area (Å²) in [5, 5.41) is 12.4. The van der Waals surface area contributed by atoms with Crippen LogP contribution in [0.3, 0.4) is 0 Å². The number of nitriles is 1. The number of likely N-dealkylation sites (tertiary alicyclic amines) is 1. The highest BCUT2D eigenvalue weighted by Gasteiger charge is 2.38. The first kappa shape index (κ1) is 21.6. The van der Waals surface area contributed by atoms with E-state index in [1.54, 1.807) is 6.92 Å². The van der Waals surface area contributed by atoms with E-state index in [0.29, 0.717) is 18.4 Å². The third-order valence-corrected chi connectivity index (χ3v) is 6.95. The Balaban J connectivity index is 1.62. The number of nitrogens with one attached hydrogen (secondary N) is 2. The number of H-pyrrole nitrogens is 1. The maximum atomic E-state index is 12.7. The monoisotopic (exact) mass is 398 g/mol. The molecule has 1 saturated heterocycles. The molecule has 0 radical (unpaired) electrons. The van der Waals surface area contributed by atoms with Gasteiger partial charge in [-0.05, 0) is 70.2 Å². The number of aromatic nitrogens is 1. The van der Waals surface area contributed by atoms with E-state index >= 15 is 0 Å². The van der Waals surface area contributed by atoms with Gasteiger partial charge in [0.05, 0.1) is 0 Å². The van der Waals surface area contributed by atoms with Crippen LogP contribution in [-0.2, 0) is 11.2 Å². The van der Waals surface area contributed by atoms with Crippen molar-refractivity contribution in [3.63, 3.8) is 0 Å². The van der Waals surface area contributed by atoms with E-state index in [-0.39, 0.29) is 22.6 Å². The van der Waals surface area contributed by atoms with Crippen LogP contribution in [0.2, 0.25) is 0 Å². The van der Waals surface area contributed by atoms with Gasteiger partial charge in [0, 0.05) is 24.2 Å². The zero-order valence-corrected chi connectivity index (χ0v) is 17.9. The first-order valence-electron chi connectivity index (χ1n) is 11.1. The second kappa shape index (κ2) is 9.58. The number of carbonyl (C=O) groups excluding carboxylic acids is 1. The molecule has 158 valence electrons. The normalized spacial score (nSPS) is 19.5. The molecule has 0 spiro atoms. The fourth-order valence-corrected chi connectivity index (χ4v) is 5.19. The molecule has 0 atom stereocenters. The van der Waals surface area contributed by atoms with Crippen molar-refractivity contribution in [3.05, 3.63) is 32.7 Å². The Labute approximate surface area is 173 Å². The van der Waals surface area contributed by atoms with Crippen LogP contribution < -0.4 is 10.9 Å². The Morgan fingerprint density at radius 3 is 2.45 bits per heavy atom. The Kier molecular flexibility index (Phi) is 7.13. The lowest BCUT2D eigenvalue weighted by molar-refractivity contribution is -0.122. The second-order valence-corrected chi connectivity index (χ2v) is 8.78. The fraction of sp³-hybridized carbons (Fsp3) is 0.696. The standard InChI is InChI=1S/C23H34N4O2/c1-17-19(18(2)26-22(29)20(17)15-24)9-10-21(28)25-16-23(11-5-3-6-12-23)27-13-7-4-8-14-27/h3-14,16H2,1-2H3,(H,25,28)(H,26,29).